The summed E-state index contributed by atoms with van der Waals surface area (Å²) in [5, 5.41) is 5.02. The maximum Gasteiger partial charge on any atom is 0.258 e. The molecule has 10 heteroatoms. The molecule has 0 spiro atoms. The number of hydrogen-bond donors (Lipinski definition) is 2. The molecule has 3 amide bonds. The van der Waals surface area contributed by atoms with E-state index in [1.165, 1.54) is 22.5 Å². The van der Waals surface area contributed by atoms with Gasteiger partial charge >= 0.3 is 0 Å². The number of sulfonamides is 1. The Bertz CT molecular complexity index is 907. The van der Waals surface area contributed by atoms with E-state index >= 15 is 0 Å². The fourth-order valence-electron chi connectivity index (χ4n) is 3.49. The number of fused-ring (bicyclic) bond motifs is 1. The minimum Gasteiger partial charge on any atom is -0.382 e. The first-order chi connectivity index (χ1) is 13.8. The van der Waals surface area contributed by atoms with E-state index in [4.69, 9.17) is 4.74 Å². The van der Waals surface area contributed by atoms with Crippen molar-refractivity contribution in [3.05, 3.63) is 29.3 Å². The molecule has 1 fully saturated rings. The molecule has 1 aromatic carbocycles. The lowest BCUT2D eigenvalue weighted by molar-refractivity contribution is -0.126. The van der Waals surface area contributed by atoms with Gasteiger partial charge in [-0.1, -0.05) is 0 Å². The highest BCUT2D eigenvalue weighted by atomic mass is 32.2. The van der Waals surface area contributed by atoms with E-state index in [0.717, 1.165) is 6.42 Å². The van der Waals surface area contributed by atoms with Crippen molar-refractivity contribution in [2.45, 2.75) is 31.1 Å². The van der Waals surface area contributed by atoms with Gasteiger partial charge in [0.1, 0.15) is 0 Å². The van der Waals surface area contributed by atoms with E-state index in [2.05, 4.69) is 10.6 Å². The van der Waals surface area contributed by atoms with Crippen LogP contribution in [0.2, 0.25) is 0 Å². The highest BCUT2D eigenvalue weighted by molar-refractivity contribution is 7.89. The van der Waals surface area contributed by atoms with E-state index in [9.17, 15) is 22.8 Å². The monoisotopic (exact) mass is 423 g/mol. The highest BCUT2D eigenvalue weighted by Gasteiger charge is 2.34. The number of nitrogens with zero attached hydrogens (tertiary/aromatic N) is 1. The standard InChI is InChI=1S/C19H25N3O6S/c1-2-28-11-3-8-20-17(23)13-6-9-22(10-7-13)29(26,27)14-4-5-15-16(12-14)19(25)21-18(15)24/h4-5,12-13H,2-3,6-11H2,1H3,(H,20,23)(H,21,24,25). The normalized spacial score (nSPS) is 17.8. The van der Waals surface area contributed by atoms with Gasteiger partial charge in [-0.05, 0) is 44.4 Å². The number of benzene rings is 1. The van der Waals surface area contributed by atoms with Crippen LogP contribution >= 0.6 is 0 Å². The Balaban J connectivity index is 1.58. The predicted octanol–water partition coefficient (Wildman–Crippen LogP) is 0.514. The molecule has 9 nitrogen and oxygen atoms in total. The number of amides is 3. The third-order valence-corrected chi connectivity index (χ3v) is 7.03. The van der Waals surface area contributed by atoms with Crippen LogP contribution in [0.15, 0.2) is 23.1 Å². The van der Waals surface area contributed by atoms with Crippen LogP contribution in [0.25, 0.3) is 0 Å². The third-order valence-electron chi connectivity index (χ3n) is 5.14. The Hall–Kier alpha value is -2.30. The van der Waals surface area contributed by atoms with Crippen LogP contribution in [0.3, 0.4) is 0 Å². The van der Waals surface area contributed by atoms with Gasteiger partial charge in [-0.2, -0.15) is 4.31 Å². The van der Waals surface area contributed by atoms with Crippen LogP contribution in [0.1, 0.15) is 46.9 Å². The van der Waals surface area contributed by atoms with E-state index in [1.54, 1.807) is 0 Å². The van der Waals surface area contributed by atoms with Gasteiger partial charge in [0.2, 0.25) is 15.9 Å². The lowest BCUT2D eigenvalue weighted by atomic mass is 9.97. The summed E-state index contributed by atoms with van der Waals surface area (Å²) in [4.78, 5) is 35.7. The van der Waals surface area contributed by atoms with Gasteiger partial charge in [0.25, 0.3) is 11.8 Å². The molecule has 3 rings (SSSR count). The van der Waals surface area contributed by atoms with Gasteiger partial charge < -0.3 is 10.1 Å². The molecule has 2 aliphatic rings. The number of imide groups is 1. The van der Waals surface area contributed by atoms with Crippen molar-refractivity contribution in [3.63, 3.8) is 0 Å². The Morgan fingerprint density at radius 1 is 1.21 bits per heavy atom. The van der Waals surface area contributed by atoms with Crippen molar-refractivity contribution >= 4 is 27.7 Å². The van der Waals surface area contributed by atoms with Gasteiger partial charge in [0.15, 0.2) is 0 Å². The summed E-state index contributed by atoms with van der Waals surface area (Å²) in [5.41, 5.74) is 0.242. The first-order valence-electron chi connectivity index (χ1n) is 9.70. The van der Waals surface area contributed by atoms with E-state index < -0.39 is 21.8 Å². The van der Waals surface area contributed by atoms with Crippen molar-refractivity contribution in [2.75, 3.05) is 32.8 Å². The predicted molar refractivity (Wildman–Crippen MR) is 104 cm³/mol. The molecule has 0 radical (unpaired) electrons. The van der Waals surface area contributed by atoms with Crippen LogP contribution in [0.4, 0.5) is 0 Å². The minimum absolute atomic E-state index is 0.0278. The van der Waals surface area contributed by atoms with E-state index in [0.29, 0.717) is 32.6 Å². The second-order valence-corrected chi connectivity index (χ2v) is 8.95. The first kappa shape index (κ1) is 21.4. The molecule has 2 aliphatic heterocycles. The van der Waals surface area contributed by atoms with Gasteiger partial charge in [-0.3, -0.25) is 19.7 Å². The molecule has 29 heavy (non-hydrogen) atoms. The molecule has 0 bridgehead atoms. The van der Waals surface area contributed by atoms with Crippen LogP contribution in [-0.4, -0.2) is 63.3 Å². The molecule has 2 heterocycles. The fraction of sp³-hybridized carbons (Fsp3) is 0.526. The van der Waals surface area contributed by atoms with Gasteiger partial charge in [0, 0.05) is 38.8 Å². The second-order valence-electron chi connectivity index (χ2n) is 7.01. The van der Waals surface area contributed by atoms with Crippen molar-refractivity contribution in [2.24, 2.45) is 5.92 Å². The number of carbonyl (C=O) groups is 3. The van der Waals surface area contributed by atoms with Crippen LogP contribution in [0, 0.1) is 5.92 Å². The molecule has 1 saturated heterocycles. The Kier molecular flexibility index (Phi) is 6.66. The molecule has 0 atom stereocenters. The lowest BCUT2D eigenvalue weighted by Gasteiger charge is -2.30. The number of nitrogens with one attached hydrogen (secondary N) is 2. The fourth-order valence-corrected chi connectivity index (χ4v) is 4.99. The molecular formula is C19H25N3O6S. The Labute approximate surface area is 169 Å². The number of ether oxygens (including phenoxy) is 1. The van der Waals surface area contributed by atoms with Crippen LogP contribution < -0.4 is 10.6 Å². The van der Waals surface area contributed by atoms with E-state index in [1.807, 2.05) is 6.92 Å². The SMILES string of the molecule is CCOCCCNC(=O)C1CCN(S(=O)(=O)c2ccc3c(c2)C(=O)NC3=O)CC1. The topological polar surface area (TPSA) is 122 Å². The summed E-state index contributed by atoms with van der Waals surface area (Å²) < 4.78 is 32.4. The zero-order valence-corrected chi connectivity index (χ0v) is 17.1. The average Bonchev–Trinajstić information content (AvgIpc) is 3.01. The largest absolute Gasteiger partial charge is 0.382 e. The van der Waals surface area contributed by atoms with E-state index in [-0.39, 0.29) is 40.9 Å². The molecule has 2 N–H and O–H groups in total. The third kappa shape index (κ3) is 4.65. The molecule has 158 valence electrons. The van der Waals surface area contributed by atoms with Crippen molar-refractivity contribution in [3.8, 4) is 0 Å². The van der Waals surface area contributed by atoms with Gasteiger partial charge in [-0.15, -0.1) is 0 Å². The first-order valence-corrected chi connectivity index (χ1v) is 11.1. The number of hydrogen-bond acceptors (Lipinski definition) is 6. The quantitative estimate of drug-likeness (QED) is 0.464. The Morgan fingerprint density at radius 2 is 1.90 bits per heavy atom. The number of rotatable bonds is 8. The van der Waals surface area contributed by atoms with Gasteiger partial charge in [0.05, 0.1) is 16.0 Å². The molecule has 1 aromatic rings. The Morgan fingerprint density at radius 3 is 2.59 bits per heavy atom. The zero-order valence-electron chi connectivity index (χ0n) is 16.3. The average molecular weight is 423 g/mol. The lowest BCUT2D eigenvalue weighted by Crippen LogP contribution is -2.43. The zero-order chi connectivity index (χ0) is 21.0. The van der Waals surface area contributed by atoms with Crippen molar-refractivity contribution in [1.82, 2.24) is 14.9 Å². The van der Waals surface area contributed by atoms with Crippen LogP contribution in [0.5, 0.6) is 0 Å². The molecule has 0 unspecified atom stereocenters. The summed E-state index contributed by atoms with van der Waals surface area (Å²) in [5.74, 6) is -1.41. The summed E-state index contributed by atoms with van der Waals surface area (Å²) >= 11 is 0. The molecule has 0 aromatic heterocycles. The van der Waals surface area contributed by atoms with Crippen molar-refractivity contribution in [1.29, 1.82) is 0 Å². The number of piperidine rings is 1. The molecule has 0 aliphatic carbocycles. The number of carbonyl (C=O) groups excluding carboxylic acids is 3. The second kappa shape index (κ2) is 9.02. The maximum absolute atomic E-state index is 12.9. The van der Waals surface area contributed by atoms with Crippen molar-refractivity contribution < 1.29 is 27.5 Å². The minimum atomic E-state index is -3.81. The van der Waals surface area contributed by atoms with Gasteiger partial charge in [-0.25, -0.2) is 8.42 Å². The summed E-state index contributed by atoms with van der Waals surface area (Å²) in [6.07, 6.45) is 1.60. The van der Waals surface area contributed by atoms with Crippen LogP contribution in [-0.2, 0) is 19.6 Å². The maximum atomic E-state index is 12.9. The molecular weight excluding hydrogens is 398 g/mol. The molecule has 0 saturated carbocycles. The summed E-state index contributed by atoms with van der Waals surface area (Å²) in [7, 11) is -3.81. The highest BCUT2D eigenvalue weighted by Crippen LogP contribution is 2.26. The summed E-state index contributed by atoms with van der Waals surface area (Å²) in [6, 6.07) is 3.93. The smallest absolute Gasteiger partial charge is 0.258 e. The summed E-state index contributed by atoms with van der Waals surface area (Å²) in [6.45, 7) is 4.14.